The topological polar surface area (TPSA) is 43.3 Å². The van der Waals surface area contributed by atoms with Gasteiger partial charge in [0.1, 0.15) is 0 Å². The number of aryl methyl sites for hydroxylation is 1. The van der Waals surface area contributed by atoms with Crippen molar-refractivity contribution < 1.29 is 9.53 Å². The summed E-state index contributed by atoms with van der Waals surface area (Å²) in [7, 11) is 0. The standard InChI is InChI=1S/C16H28N2O2/c1-3-10-17-13-15-9-12-18(14-15)11-7-5-6-8-16(19)20-4-2/h9,12,14,17H,3-8,10-11,13H2,1-2H3. The predicted molar refractivity (Wildman–Crippen MR) is 81.5 cm³/mol. The molecule has 0 fully saturated rings. The van der Waals surface area contributed by atoms with Crippen molar-refractivity contribution in [2.75, 3.05) is 13.2 Å². The van der Waals surface area contributed by atoms with E-state index in [1.165, 1.54) is 12.0 Å². The molecule has 0 aromatic carbocycles. The van der Waals surface area contributed by atoms with Gasteiger partial charge in [0.05, 0.1) is 6.61 Å². The zero-order valence-corrected chi connectivity index (χ0v) is 12.9. The molecule has 4 nitrogen and oxygen atoms in total. The molecule has 114 valence electrons. The Labute approximate surface area is 122 Å². The molecule has 1 heterocycles. The summed E-state index contributed by atoms with van der Waals surface area (Å²) in [6.45, 7) is 7.54. The van der Waals surface area contributed by atoms with Crippen molar-refractivity contribution in [3.05, 3.63) is 24.0 Å². The first-order chi connectivity index (χ1) is 9.76. The molecular weight excluding hydrogens is 252 g/mol. The van der Waals surface area contributed by atoms with Crippen molar-refractivity contribution in [3.63, 3.8) is 0 Å². The lowest BCUT2D eigenvalue weighted by Gasteiger charge is -2.04. The van der Waals surface area contributed by atoms with Crippen LogP contribution in [0.4, 0.5) is 0 Å². The number of aromatic nitrogens is 1. The monoisotopic (exact) mass is 280 g/mol. The highest BCUT2D eigenvalue weighted by Gasteiger charge is 2.01. The molecule has 1 aromatic rings. The van der Waals surface area contributed by atoms with Crippen LogP contribution in [0.5, 0.6) is 0 Å². The molecule has 0 saturated heterocycles. The summed E-state index contributed by atoms with van der Waals surface area (Å²) in [5.41, 5.74) is 1.34. The van der Waals surface area contributed by atoms with Gasteiger partial charge in [0.25, 0.3) is 0 Å². The number of carbonyl (C=O) groups is 1. The van der Waals surface area contributed by atoms with Crippen LogP contribution < -0.4 is 5.32 Å². The lowest BCUT2D eigenvalue weighted by Crippen LogP contribution is -2.13. The maximum atomic E-state index is 11.2. The van der Waals surface area contributed by atoms with Gasteiger partial charge in [0.2, 0.25) is 0 Å². The fraction of sp³-hybridized carbons (Fsp3) is 0.688. The van der Waals surface area contributed by atoms with Crippen LogP contribution in [0.2, 0.25) is 0 Å². The summed E-state index contributed by atoms with van der Waals surface area (Å²) < 4.78 is 7.14. The lowest BCUT2D eigenvalue weighted by molar-refractivity contribution is -0.143. The van der Waals surface area contributed by atoms with Crippen molar-refractivity contribution in [1.82, 2.24) is 9.88 Å². The zero-order valence-electron chi connectivity index (χ0n) is 12.9. The van der Waals surface area contributed by atoms with Crippen LogP contribution in [-0.4, -0.2) is 23.7 Å². The fourth-order valence-corrected chi connectivity index (χ4v) is 2.12. The van der Waals surface area contributed by atoms with Gasteiger partial charge in [-0.2, -0.15) is 0 Å². The average Bonchev–Trinajstić information content (AvgIpc) is 2.87. The normalized spacial score (nSPS) is 10.7. The first-order valence-corrected chi connectivity index (χ1v) is 7.77. The Morgan fingerprint density at radius 1 is 1.30 bits per heavy atom. The number of hydrogen-bond acceptors (Lipinski definition) is 3. The highest BCUT2D eigenvalue weighted by molar-refractivity contribution is 5.69. The van der Waals surface area contributed by atoms with Crippen molar-refractivity contribution >= 4 is 5.97 Å². The van der Waals surface area contributed by atoms with E-state index in [9.17, 15) is 4.79 Å². The van der Waals surface area contributed by atoms with E-state index in [-0.39, 0.29) is 5.97 Å². The molecule has 20 heavy (non-hydrogen) atoms. The van der Waals surface area contributed by atoms with Gasteiger partial charge in [-0.05, 0) is 44.4 Å². The quantitative estimate of drug-likeness (QED) is 0.500. The van der Waals surface area contributed by atoms with Gasteiger partial charge in [0.15, 0.2) is 0 Å². The van der Waals surface area contributed by atoms with E-state index in [2.05, 4.69) is 35.3 Å². The Hall–Kier alpha value is -1.29. The van der Waals surface area contributed by atoms with Crippen molar-refractivity contribution in [2.24, 2.45) is 0 Å². The van der Waals surface area contributed by atoms with Crippen LogP contribution in [0.15, 0.2) is 18.5 Å². The number of unbranched alkanes of at least 4 members (excludes halogenated alkanes) is 2. The second-order valence-electron chi connectivity index (χ2n) is 5.05. The van der Waals surface area contributed by atoms with Crippen LogP contribution >= 0.6 is 0 Å². The second-order valence-corrected chi connectivity index (χ2v) is 5.05. The largest absolute Gasteiger partial charge is 0.466 e. The van der Waals surface area contributed by atoms with Crippen molar-refractivity contribution in [2.45, 2.75) is 59.0 Å². The molecule has 0 unspecified atom stereocenters. The minimum atomic E-state index is -0.0715. The van der Waals surface area contributed by atoms with Crippen molar-refractivity contribution in [3.8, 4) is 0 Å². The van der Waals surface area contributed by atoms with E-state index in [4.69, 9.17) is 4.74 Å². The zero-order chi connectivity index (χ0) is 14.6. The number of hydrogen-bond donors (Lipinski definition) is 1. The third-order valence-corrected chi connectivity index (χ3v) is 3.17. The van der Waals surface area contributed by atoms with Gasteiger partial charge in [0, 0.05) is 31.9 Å². The fourth-order valence-electron chi connectivity index (χ4n) is 2.12. The van der Waals surface area contributed by atoms with Gasteiger partial charge < -0.3 is 14.6 Å². The third kappa shape index (κ3) is 7.34. The lowest BCUT2D eigenvalue weighted by atomic mass is 10.2. The van der Waals surface area contributed by atoms with E-state index in [0.717, 1.165) is 38.9 Å². The van der Waals surface area contributed by atoms with Crippen LogP contribution in [0.3, 0.4) is 0 Å². The number of carbonyl (C=O) groups excluding carboxylic acids is 1. The van der Waals surface area contributed by atoms with Crippen LogP contribution in [0, 0.1) is 0 Å². The highest BCUT2D eigenvalue weighted by atomic mass is 16.5. The number of rotatable bonds is 11. The highest BCUT2D eigenvalue weighted by Crippen LogP contribution is 2.06. The summed E-state index contributed by atoms with van der Waals surface area (Å²) in [4.78, 5) is 11.2. The van der Waals surface area contributed by atoms with E-state index in [0.29, 0.717) is 13.0 Å². The molecule has 0 spiro atoms. The van der Waals surface area contributed by atoms with E-state index in [1.54, 1.807) is 0 Å². The Morgan fingerprint density at radius 3 is 2.90 bits per heavy atom. The third-order valence-electron chi connectivity index (χ3n) is 3.17. The van der Waals surface area contributed by atoms with E-state index in [1.807, 2.05) is 6.92 Å². The van der Waals surface area contributed by atoms with Gasteiger partial charge in [-0.3, -0.25) is 4.79 Å². The van der Waals surface area contributed by atoms with Gasteiger partial charge in [-0.15, -0.1) is 0 Å². The molecule has 1 rings (SSSR count). The average molecular weight is 280 g/mol. The number of esters is 1. The SMILES string of the molecule is CCCNCc1ccn(CCCCCC(=O)OCC)c1. The summed E-state index contributed by atoms with van der Waals surface area (Å²) in [5.74, 6) is -0.0715. The summed E-state index contributed by atoms with van der Waals surface area (Å²) >= 11 is 0. The predicted octanol–water partition coefficient (Wildman–Crippen LogP) is 3.11. The Bertz CT molecular complexity index is 374. The molecule has 4 heteroatoms. The molecule has 0 amide bonds. The second kappa shape index (κ2) is 10.5. The first-order valence-electron chi connectivity index (χ1n) is 7.77. The van der Waals surface area contributed by atoms with Crippen molar-refractivity contribution in [1.29, 1.82) is 0 Å². The molecule has 0 aliphatic rings. The first kappa shape index (κ1) is 16.8. The minimum absolute atomic E-state index is 0.0715. The summed E-state index contributed by atoms with van der Waals surface area (Å²) in [6, 6.07) is 2.17. The van der Waals surface area contributed by atoms with E-state index >= 15 is 0 Å². The smallest absolute Gasteiger partial charge is 0.305 e. The molecular formula is C16H28N2O2. The van der Waals surface area contributed by atoms with Gasteiger partial charge in [-0.1, -0.05) is 13.3 Å². The molecule has 1 aromatic heterocycles. The molecule has 0 saturated carbocycles. The molecule has 0 aliphatic carbocycles. The Morgan fingerprint density at radius 2 is 2.15 bits per heavy atom. The minimum Gasteiger partial charge on any atom is -0.466 e. The van der Waals surface area contributed by atoms with Gasteiger partial charge >= 0.3 is 5.97 Å². The van der Waals surface area contributed by atoms with Crippen LogP contribution in [0.1, 0.15) is 51.5 Å². The number of nitrogens with one attached hydrogen (secondary N) is 1. The maximum absolute atomic E-state index is 11.2. The number of nitrogens with zero attached hydrogens (tertiary/aromatic N) is 1. The molecule has 0 bridgehead atoms. The van der Waals surface area contributed by atoms with E-state index < -0.39 is 0 Å². The number of ether oxygens (including phenoxy) is 1. The maximum Gasteiger partial charge on any atom is 0.305 e. The molecule has 0 radical (unpaired) electrons. The Balaban J connectivity index is 2.08. The van der Waals surface area contributed by atoms with Crippen LogP contribution in [0.25, 0.3) is 0 Å². The summed E-state index contributed by atoms with van der Waals surface area (Å²) in [6.07, 6.45) is 9.15. The molecule has 0 atom stereocenters. The van der Waals surface area contributed by atoms with Gasteiger partial charge in [-0.25, -0.2) is 0 Å². The summed E-state index contributed by atoms with van der Waals surface area (Å²) in [5, 5.41) is 3.40. The van der Waals surface area contributed by atoms with Crippen LogP contribution in [-0.2, 0) is 22.6 Å². The molecule has 1 N–H and O–H groups in total. The molecule has 0 aliphatic heterocycles. The Kier molecular flexibility index (Phi) is 8.79.